The van der Waals surface area contributed by atoms with Gasteiger partial charge in [0.25, 0.3) is 5.91 Å². The van der Waals surface area contributed by atoms with E-state index in [2.05, 4.69) is 17.0 Å². The molecule has 0 spiro atoms. The van der Waals surface area contributed by atoms with Crippen LogP contribution in [-0.2, 0) is 9.59 Å². The molecule has 5 nitrogen and oxygen atoms in total. The highest BCUT2D eigenvalue weighted by Gasteiger charge is 2.32. The number of anilines is 1. The van der Waals surface area contributed by atoms with Gasteiger partial charge in [-0.15, -0.1) is 0 Å². The van der Waals surface area contributed by atoms with E-state index in [4.69, 9.17) is 17.3 Å². The molecule has 2 saturated heterocycles. The number of carboxylic acid groups (broad SMARTS) is 1. The molecule has 1 N–H and O–H groups in total. The van der Waals surface area contributed by atoms with Gasteiger partial charge in [0.15, 0.2) is 0 Å². The second-order valence-electron chi connectivity index (χ2n) is 6.12. The first-order valence-electron chi connectivity index (χ1n) is 8.37. The molecule has 0 aromatic heterocycles. The van der Waals surface area contributed by atoms with Gasteiger partial charge in [0.05, 0.1) is 11.3 Å². The summed E-state index contributed by atoms with van der Waals surface area (Å²) in [4.78, 5) is 27.4. The fourth-order valence-corrected chi connectivity index (χ4v) is 4.29. The number of nitrogens with zero attached hydrogens (tertiary/aromatic N) is 2. The number of piperidine rings is 1. The lowest BCUT2D eigenvalue weighted by atomic mass is 10.1. The van der Waals surface area contributed by atoms with Gasteiger partial charge in [-0.2, -0.15) is 0 Å². The van der Waals surface area contributed by atoms with Crippen LogP contribution in [0.1, 0.15) is 31.2 Å². The predicted octanol–water partition coefficient (Wildman–Crippen LogP) is 3.35. The van der Waals surface area contributed by atoms with Gasteiger partial charge in [-0.3, -0.25) is 14.5 Å². The molecular formula is C18H20N2O3S2. The number of thioether (sulfide) groups is 1. The standard InChI is InChI=1S/C18H20N2O3S2/c21-16(22)8-11-20-17(23)15(25-18(20)24)12-13-4-6-14(7-5-13)19-9-2-1-3-10-19/h4-7,12H,1-3,8-11H2,(H,21,22)/b15-12-. The van der Waals surface area contributed by atoms with E-state index >= 15 is 0 Å². The highest BCUT2D eigenvalue weighted by molar-refractivity contribution is 8.26. The van der Waals surface area contributed by atoms with Gasteiger partial charge in [0.1, 0.15) is 4.32 Å². The third kappa shape index (κ3) is 4.41. The Hall–Kier alpha value is -1.86. The second-order valence-corrected chi connectivity index (χ2v) is 7.79. The van der Waals surface area contributed by atoms with Crippen LogP contribution >= 0.6 is 24.0 Å². The zero-order chi connectivity index (χ0) is 17.8. The molecule has 1 aromatic carbocycles. The van der Waals surface area contributed by atoms with Crippen molar-refractivity contribution >= 4 is 51.9 Å². The first-order chi connectivity index (χ1) is 12.0. The molecule has 1 aromatic rings. The van der Waals surface area contributed by atoms with Gasteiger partial charge in [0.2, 0.25) is 0 Å². The summed E-state index contributed by atoms with van der Waals surface area (Å²) in [5.41, 5.74) is 2.16. The summed E-state index contributed by atoms with van der Waals surface area (Å²) in [5.74, 6) is -1.15. The van der Waals surface area contributed by atoms with Crippen molar-refractivity contribution in [2.45, 2.75) is 25.7 Å². The van der Waals surface area contributed by atoms with Crippen molar-refractivity contribution in [3.8, 4) is 0 Å². The number of rotatable bonds is 5. The van der Waals surface area contributed by atoms with Crippen LogP contribution in [0.2, 0.25) is 0 Å². The lowest BCUT2D eigenvalue weighted by molar-refractivity contribution is -0.137. The van der Waals surface area contributed by atoms with Crippen LogP contribution < -0.4 is 4.90 Å². The van der Waals surface area contributed by atoms with Crippen LogP contribution in [0.5, 0.6) is 0 Å². The first kappa shape index (κ1) is 17.9. The van der Waals surface area contributed by atoms with Gasteiger partial charge >= 0.3 is 5.97 Å². The number of carbonyl (C=O) groups is 2. The Morgan fingerprint density at radius 3 is 2.52 bits per heavy atom. The smallest absolute Gasteiger partial charge is 0.305 e. The minimum absolute atomic E-state index is 0.107. The maximum Gasteiger partial charge on any atom is 0.305 e. The SMILES string of the molecule is O=C(O)CCN1C(=O)/C(=C/c2ccc(N3CCCCC3)cc2)SC1=S. The number of thiocarbonyl (C=S) groups is 1. The molecule has 0 aliphatic carbocycles. The van der Waals surface area contributed by atoms with E-state index in [0.717, 1.165) is 18.7 Å². The summed E-state index contributed by atoms with van der Waals surface area (Å²) in [5, 5.41) is 8.77. The molecular weight excluding hydrogens is 356 g/mol. The van der Waals surface area contributed by atoms with Crippen LogP contribution in [0.3, 0.4) is 0 Å². The van der Waals surface area contributed by atoms with Gasteiger partial charge in [-0.25, -0.2) is 0 Å². The summed E-state index contributed by atoms with van der Waals surface area (Å²) in [6.45, 7) is 2.31. The van der Waals surface area contributed by atoms with Crippen LogP contribution in [0.15, 0.2) is 29.2 Å². The fourth-order valence-electron chi connectivity index (χ4n) is 2.99. The largest absolute Gasteiger partial charge is 0.481 e. The Kier molecular flexibility index (Phi) is 5.75. The van der Waals surface area contributed by atoms with Crippen molar-refractivity contribution in [1.29, 1.82) is 0 Å². The average molecular weight is 377 g/mol. The van der Waals surface area contributed by atoms with Gasteiger partial charge in [0, 0.05) is 25.3 Å². The highest BCUT2D eigenvalue weighted by atomic mass is 32.2. The molecule has 2 fully saturated rings. The van der Waals surface area contributed by atoms with E-state index < -0.39 is 5.97 Å². The molecule has 0 bridgehead atoms. The summed E-state index contributed by atoms with van der Waals surface area (Å²) in [6, 6.07) is 8.19. The van der Waals surface area contributed by atoms with Gasteiger partial charge in [-0.05, 0) is 43.0 Å². The van der Waals surface area contributed by atoms with Crippen LogP contribution in [0.25, 0.3) is 6.08 Å². The summed E-state index contributed by atoms with van der Waals surface area (Å²) in [7, 11) is 0. The van der Waals surface area contributed by atoms with Crippen molar-refractivity contribution < 1.29 is 14.7 Å². The molecule has 1 amide bonds. The summed E-state index contributed by atoms with van der Waals surface area (Å²) >= 11 is 6.42. The first-order valence-corrected chi connectivity index (χ1v) is 9.59. The van der Waals surface area contributed by atoms with Crippen LogP contribution in [0, 0.1) is 0 Å². The topological polar surface area (TPSA) is 60.9 Å². The molecule has 3 rings (SSSR count). The Morgan fingerprint density at radius 2 is 1.88 bits per heavy atom. The van der Waals surface area contributed by atoms with Crippen molar-refractivity contribution in [2.75, 3.05) is 24.5 Å². The lowest BCUT2D eigenvalue weighted by Crippen LogP contribution is -2.30. The Labute approximate surface area is 156 Å². The molecule has 132 valence electrons. The maximum atomic E-state index is 12.4. The molecule has 25 heavy (non-hydrogen) atoms. The minimum atomic E-state index is -0.939. The third-order valence-electron chi connectivity index (χ3n) is 4.33. The summed E-state index contributed by atoms with van der Waals surface area (Å²) in [6.07, 6.45) is 5.49. The third-order valence-corrected chi connectivity index (χ3v) is 5.71. The number of benzene rings is 1. The number of carbonyl (C=O) groups excluding carboxylic acids is 1. The number of amides is 1. The van der Waals surface area contributed by atoms with Crippen molar-refractivity contribution in [3.05, 3.63) is 34.7 Å². The number of aliphatic carboxylic acids is 1. The maximum absolute atomic E-state index is 12.4. The van der Waals surface area contributed by atoms with E-state index in [1.54, 1.807) is 0 Å². The molecule has 0 unspecified atom stereocenters. The lowest BCUT2D eigenvalue weighted by Gasteiger charge is -2.28. The molecule has 2 aliphatic rings. The molecule has 0 saturated carbocycles. The second kappa shape index (κ2) is 8.01. The van der Waals surface area contributed by atoms with E-state index in [9.17, 15) is 9.59 Å². The number of hydrogen-bond donors (Lipinski definition) is 1. The van der Waals surface area contributed by atoms with Crippen LogP contribution in [-0.4, -0.2) is 45.8 Å². The zero-order valence-corrected chi connectivity index (χ0v) is 15.4. The van der Waals surface area contributed by atoms with E-state index in [1.165, 1.54) is 41.6 Å². The molecule has 2 aliphatic heterocycles. The average Bonchev–Trinajstić information content (AvgIpc) is 2.88. The van der Waals surface area contributed by atoms with Crippen LogP contribution in [0.4, 0.5) is 5.69 Å². The summed E-state index contributed by atoms with van der Waals surface area (Å²) < 4.78 is 0.419. The quantitative estimate of drug-likeness (QED) is 0.628. The Bertz CT molecular complexity index is 710. The fraction of sp³-hybridized carbons (Fsp3) is 0.389. The number of carboxylic acids is 1. The molecule has 2 heterocycles. The van der Waals surface area contributed by atoms with Gasteiger partial charge < -0.3 is 10.0 Å². The minimum Gasteiger partial charge on any atom is -0.481 e. The van der Waals surface area contributed by atoms with Crippen molar-refractivity contribution in [2.24, 2.45) is 0 Å². The van der Waals surface area contributed by atoms with Gasteiger partial charge in [-0.1, -0.05) is 36.1 Å². The number of hydrogen-bond acceptors (Lipinski definition) is 5. The van der Waals surface area contributed by atoms with E-state index in [0.29, 0.717) is 9.23 Å². The predicted molar refractivity (Wildman–Crippen MR) is 105 cm³/mol. The monoisotopic (exact) mass is 376 g/mol. The molecule has 0 radical (unpaired) electrons. The molecule has 7 heteroatoms. The Morgan fingerprint density at radius 1 is 1.20 bits per heavy atom. The Balaban J connectivity index is 1.69. The normalized spacial score (nSPS) is 19.8. The zero-order valence-electron chi connectivity index (χ0n) is 13.8. The van der Waals surface area contributed by atoms with Crippen molar-refractivity contribution in [3.63, 3.8) is 0 Å². The highest BCUT2D eigenvalue weighted by Crippen LogP contribution is 2.33. The molecule has 0 atom stereocenters. The van der Waals surface area contributed by atoms with E-state index in [-0.39, 0.29) is 18.9 Å². The van der Waals surface area contributed by atoms with E-state index in [1.807, 2.05) is 18.2 Å². The van der Waals surface area contributed by atoms with Crippen molar-refractivity contribution in [1.82, 2.24) is 4.90 Å².